The van der Waals surface area contributed by atoms with E-state index in [1.807, 2.05) is 18.2 Å². The van der Waals surface area contributed by atoms with Gasteiger partial charge in [-0.3, -0.25) is 4.79 Å². The molecule has 1 aromatic carbocycles. The van der Waals surface area contributed by atoms with Gasteiger partial charge in [0, 0.05) is 17.5 Å². The van der Waals surface area contributed by atoms with Crippen LogP contribution >= 0.6 is 0 Å². The second-order valence-corrected chi connectivity index (χ2v) is 4.30. The number of amides is 1. The summed E-state index contributed by atoms with van der Waals surface area (Å²) in [5.74, 6) is 0.495. The van der Waals surface area contributed by atoms with Crippen molar-refractivity contribution in [2.24, 2.45) is 5.73 Å². The zero-order chi connectivity index (χ0) is 11.8. The molecular weight excluding hydrogens is 216 g/mol. The number of ether oxygens (including phenoxy) is 1. The molecule has 0 atom stereocenters. The number of benzene rings is 1. The van der Waals surface area contributed by atoms with Gasteiger partial charge in [-0.1, -0.05) is 18.2 Å². The van der Waals surface area contributed by atoms with Crippen LogP contribution in [0.2, 0.25) is 0 Å². The van der Waals surface area contributed by atoms with E-state index in [2.05, 4.69) is 10.6 Å². The van der Waals surface area contributed by atoms with Crippen molar-refractivity contribution in [3.05, 3.63) is 29.8 Å². The lowest BCUT2D eigenvalue weighted by atomic mass is 10.1. The molecular formula is C13H14N2O2. The average Bonchev–Trinajstić information content (AvgIpc) is 2.65. The van der Waals surface area contributed by atoms with Crippen LogP contribution in [0.4, 0.5) is 0 Å². The van der Waals surface area contributed by atoms with Gasteiger partial charge in [0.15, 0.2) is 5.88 Å². The van der Waals surface area contributed by atoms with Crippen LogP contribution in [0.1, 0.15) is 12.0 Å². The third-order valence-electron chi connectivity index (χ3n) is 3.14. The lowest BCUT2D eigenvalue weighted by Gasteiger charge is -2.18. The summed E-state index contributed by atoms with van der Waals surface area (Å²) in [6.07, 6.45) is 1.24. The number of carbonyl (C=O) groups excluding carboxylic acids is 1. The van der Waals surface area contributed by atoms with Crippen molar-refractivity contribution < 1.29 is 9.53 Å². The topological polar surface area (TPSA) is 57.2 Å². The SMILES string of the molecule is NC(=O)Cc1c2n(c3ccccc13)CCCO2. The fraction of sp³-hybridized carbons (Fsp3) is 0.308. The van der Waals surface area contributed by atoms with Gasteiger partial charge < -0.3 is 15.0 Å². The van der Waals surface area contributed by atoms with Gasteiger partial charge in [-0.2, -0.15) is 0 Å². The fourth-order valence-electron chi connectivity index (χ4n) is 2.48. The first-order valence-corrected chi connectivity index (χ1v) is 5.78. The molecule has 1 amide bonds. The number of hydrogen-bond acceptors (Lipinski definition) is 2. The molecule has 1 aliphatic heterocycles. The maximum atomic E-state index is 11.2. The molecule has 2 N–H and O–H groups in total. The second-order valence-electron chi connectivity index (χ2n) is 4.30. The first kappa shape index (κ1) is 10.2. The van der Waals surface area contributed by atoms with E-state index in [1.165, 1.54) is 0 Å². The molecule has 4 nitrogen and oxygen atoms in total. The molecule has 0 spiro atoms. The van der Waals surface area contributed by atoms with Gasteiger partial charge in [0.25, 0.3) is 0 Å². The van der Waals surface area contributed by atoms with Crippen LogP contribution in [0, 0.1) is 0 Å². The van der Waals surface area contributed by atoms with Gasteiger partial charge in [-0.05, 0) is 12.5 Å². The van der Waals surface area contributed by atoms with Gasteiger partial charge in [0.2, 0.25) is 5.91 Å². The smallest absolute Gasteiger partial charge is 0.222 e. The summed E-state index contributed by atoms with van der Waals surface area (Å²) in [5.41, 5.74) is 7.35. The van der Waals surface area contributed by atoms with Crippen LogP contribution in [-0.2, 0) is 17.8 Å². The number of nitrogens with two attached hydrogens (primary N) is 1. The molecule has 0 unspecified atom stereocenters. The molecule has 88 valence electrons. The number of fused-ring (bicyclic) bond motifs is 3. The van der Waals surface area contributed by atoms with Crippen molar-refractivity contribution in [1.82, 2.24) is 4.57 Å². The molecule has 3 rings (SSSR count). The minimum Gasteiger partial charge on any atom is -0.479 e. The second kappa shape index (κ2) is 3.80. The fourth-order valence-corrected chi connectivity index (χ4v) is 2.48. The molecule has 0 saturated carbocycles. The van der Waals surface area contributed by atoms with E-state index in [9.17, 15) is 4.79 Å². The van der Waals surface area contributed by atoms with Crippen LogP contribution in [-0.4, -0.2) is 17.1 Å². The third-order valence-corrected chi connectivity index (χ3v) is 3.14. The Morgan fingerprint density at radius 2 is 2.24 bits per heavy atom. The molecule has 1 aromatic heterocycles. The van der Waals surface area contributed by atoms with E-state index >= 15 is 0 Å². The van der Waals surface area contributed by atoms with Crippen LogP contribution in [0.3, 0.4) is 0 Å². The van der Waals surface area contributed by atoms with Crippen molar-refractivity contribution in [2.75, 3.05) is 6.61 Å². The normalized spacial score (nSPS) is 14.4. The van der Waals surface area contributed by atoms with Crippen LogP contribution in [0.25, 0.3) is 10.9 Å². The minimum absolute atomic E-state index is 0.239. The van der Waals surface area contributed by atoms with E-state index < -0.39 is 0 Å². The number of carbonyl (C=O) groups is 1. The van der Waals surface area contributed by atoms with Crippen LogP contribution in [0.15, 0.2) is 24.3 Å². The van der Waals surface area contributed by atoms with E-state index in [0.29, 0.717) is 6.61 Å². The highest BCUT2D eigenvalue weighted by Crippen LogP contribution is 2.34. The largest absolute Gasteiger partial charge is 0.479 e. The Morgan fingerprint density at radius 1 is 1.41 bits per heavy atom. The number of hydrogen-bond donors (Lipinski definition) is 1. The van der Waals surface area contributed by atoms with Crippen LogP contribution in [0.5, 0.6) is 5.88 Å². The molecule has 2 aromatic rings. The first-order valence-electron chi connectivity index (χ1n) is 5.78. The molecule has 0 aliphatic carbocycles. The number of aromatic nitrogens is 1. The quantitative estimate of drug-likeness (QED) is 0.849. The monoisotopic (exact) mass is 230 g/mol. The summed E-state index contributed by atoms with van der Waals surface area (Å²) in [4.78, 5) is 11.2. The number of aryl methyl sites for hydroxylation is 1. The predicted octanol–water partition coefficient (Wildman–Crippen LogP) is 1.45. The Kier molecular flexibility index (Phi) is 2.28. The first-order chi connectivity index (χ1) is 8.27. The summed E-state index contributed by atoms with van der Waals surface area (Å²) in [7, 11) is 0. The van der Waals surface area contributed by atoms with Gasteiger partial charge >= 0.3 is 0 Å². The maximum Gasteiger partial charge on any atom is 0.222 e. The Balaban J connectivity index is 2.27. The summed E-state index contributed by atoms with van der Waals surface area (Å²) in [6, 6.07) is 8.04. The van der Waals surface area contributed by atoms with Gasteiger partial charge in [-0.25, -0.2) is 0 Å². The Labute approximate surface area is 99.0 Å². The zero-order valence-electron chi connectivity index (χ0n) is 9.48. The van der Waals surface area contributed by atoms with Gasteiger partial charge in [-0.15, -0.1) is 0 Å². The number of rotatable bonds is 2. The standard InChI is InChI=1S/C13H14N2O2/c14-12(16)8-10-9-4-1-2-5-11(9)15-6-3-7-17-13(10)15/h1-2,4-5H,3,6-8H2,(H2,14,16). The van der Waals surface area contributed by atoms with Gasteiger partial charge in [0.1, 0.15) is 0 Å². The third kappa shape index (κ3) is 1.56. The van der Waals surface area contributed by atoms with E-state index in [-0.39, 0.29) is 12.3 Å². The minimum atomic E-state index is -0.321. The molecule has 0 radical (unpaired) electrons. The highest BCUT2D eigenvalue weighted by molar-refractivity contribution is 5.91. The summed E-state index contributed by atoms with van der Waals surface area (Å²) >= 11 is 0. The highest BCUT2D eigenvalue weighted by Gasteiger charge is 2.21. The van der Waals surface area contributed by atoms with Gasteiger partial charge in [0.05, 0.1) is 18.5 Å². The molecule has 0 saturated heterocycles. The summed E-state index contributed by atoms with van der Waals surface area (Å²) in [6.45, 7) is 1.65. The Morgan fingerprint density at radius 3 is 3.06 bits per heavy atom. The highest BCUT2D eigenvalue weighted by atomic mass is 16.5. The van der Waals surface area contributed by atoms with Crippen molar-refractivity contribution in [2.45, 2.75) is 19.4 Å². The van der Waals surface area contributed by atoms with E-state index in [0.717, 1.165) is 35.3 Å². The van der Waals surface area contributed by atoms with E-state index in [1.54, 1.807) is 0 Å². The van der Waals surface area contributed by atoms with Crippen molar-refractivity contribution in [3.8, 4) is 5.88 Å². The maximum absolute atomic E-state index is 11.2. The average molecular weight is 230 g/mol. The number of nitrogens with zero attached hydrogens (tertiary/aromatic N) is 1. The molecule has 0 fully saturated rings. The lowest BCUT2D eigenvalue weighted by Crippen LogP contribution is -2.17. The molecule has 17 heavy (non-hydrogen) atoms. The number of para-hydroxylation sites is 1. The predicted molar refractivity (Wildman–Crippen MR) is 64.9 cm³/mol. The molecule has 0 bridgehead atoms. The summed E-state index contributed by atoms with van der Waals surface area (Å²) in [5, 5.41) is 1.07. The Hall–Kier alpha value is -1.97. The molecule has 4 heteroatoms. The molecule has 2 heterocycles. The van der Waals surface area contributed by atoms with Crippen molar-refractivity contribution in [1.29, 1.82) is 0 Å². The van der Waals surface area contributed by atoms with Crippen molar-refractivity contribution >= 4 is 16.8 Å². The zero-order valence-corrected chi connectivity index (χ0v) is 9.48. The summed E-state index contributed by atoms with van der Waals surface area (Å²) < 4.78 is 7.83. The molecule has 1 aliphatic rings. The number of primary amides is 1. The van der Waals surface area contributed by atoms with Crippen LogP contribution < -0.4 is 10.5 Å². The Bertz CT molecular complexity index is 586. The van der Waals surface area contributed by atoms with E-state index in [4.69, 9.17) is 10.5 Å². The van der Waals surface area contributed by atoms with Crippen molar-refractivity contribution in [3.63, 3.8) is 0 Å². The lowest BCUT2D eigenvalue weighted by molar-refractivity contribution is -0.117.